The van der Waals surface area contributed by atoms with Crippen molar-refractivity contribution in [1.82, 2.24) is 14.2 Å². The second-order valence-corrected chi connectivity index (χ2v) is 8.47. The maximum Gasteiger partial charge on any atom is 0.158 e. The van der Waals surface area contributed by atoms with Crippen LogP contribution in [-0.4, -0.2) is 67.1 Å². The molecule has 1 unspecified atom stereocenters. The highest BCUT2D eigenvalue weighted by molar-refractivity contribution is 7.97. The summed E-state index contributed by atoms with van der Waals surface area (Å²) in [5, 5.41) is 4.63. The Hall–Kier alpha value is -1.60. The molecule has 6 nitrogen and oxygen atoms in total. The molecule has 2 aliphatic heterocycles. The van der Waals surface area contributed by atoms with Gasteiger partial charge in [0, 0.05) is 49.4 Å². The summed E-state index contributed by atoms with van der Waals surface area (Å²) >= 11 is 1.79. The molecule has 0 saturated carbocycles. The number of hydrazone groups is 1. The Morgan fingerprint density at radius 1 is 1.19 bits per heavy atom. The number of nitrogen functional groups attached to an aromatic ring is 1. The molecule has 2 N–H and O–H groups in total. The number of hydrogen-bond acceptors (Lipinski definition) is 7. The van der Waals surface area contributed by atoms with E-state index in [0.29, 0.717) is 0 Å². The molecule has 0 radical (unpaired) electrons. The molecule has 1 fully saturated rings. The molecule has 0 spiro atoms. The van der Waals surface area contributed by atoms with Crippen LogP contribution in [0.2, 0.25) is 0 Å². The Morgan fingerprint density at radius 2 is 1.92 bits per heavy atom. The van der Waals surface area contributed by atoms with Gasteiger partial charge in [0.2, 0.25) is 0 Å². The van der Waals surface area contributed by atoms with Crippen LogP contribution in [0.25, 0.3) is 0 Å². The van der Waals surface area contributed by atoms with Gasteiger partial charge in [-0.05, 0) is 51.0 Å². The largest absolute Gasteiger partial charge is 0.399 e. The molecule has 26 heavy (non-hydrogen) atoms. The minimum atomic E-state index is 0.112. The summed E-state index contributed by atoms with van der Waals surface area (Å²) in [4.78, 5) is 6.92. The van der Waals surface area contributed by atoms with Gasteiger partial charge >= 0.3 is 0 Å². The van der Waals surface area contributed by atoms with E-state index >= 15 is 0 Å². The average molecular weight is 377 g/mol. The number of anilines is 2. The van der Waals surface area contributed by atoms with Crippen molar-refractivity contribution in [2.45, 2.75) is 31.8 Å². The van der Waals surface area contributed by atoms with Gasteiger partial charge in [-0.15, -0.1) is 0 Å². The van der Waals surface area contributed by atoms with E-state index in [0.717, 1.165) is 31.1 Å². The fourth-order valence-corrected chi connectivity index (χ4v) is 4.68. The molecule has 0 bridgehead atoms. The molecule has 1 saturated heterocycles. The number of hydrogen-bond donors (Lipinski definition) is 1. The molecule has 3 rings (SSSR count). The molecule has 7 heteroatoms. The Bertz CT molecular complexity index is 612. The fraction of sp³-hybridized carbons (Fsp3) is 0.632. The highest BCUT2D eigenvalue weighted by Crippen LogP contribution is 2.39. The maximum absolute atomic E-state index is 6.16. The number of nitrogens with two attached hydrogens (primary N) is 1. The van der Waals surface area contributed by atoms with E-state index in [1.54, 1.807) is 11.9 Å². The third-order valence-electron chi connectivity index (χ3n) is 4.98. The number of rotatable bonds is 6. The van der Waals surface area contributed by atoms with Crippen molar-refractivity contribution < 1.29 is 0 Å². The lowest BCUT2D eigenvalue weighted by Gasteiger charge is -2.33. The molecule has 144 valence electrons. The van der Waals surface area contributed by atoms with Gasteiger partial charge in [-0.25, -0.2) is 4.41 Å². The molecule has 1 aromatic rings. The lowest BCUT2D eigenvalue weighted by atomic mass is 10.1. The molecule has 0 amide bonds. The minimum Gasteiger partial charge on any atom is -0.399 e. The van der Waals surface area contributed by atoms with Crippen LogP contribution in [0.3, 0.4) is 0 Å². The Morgan fingerprint density at radius 3 is 2.62 bits per heavy atom. The summed E-state index contributed by atoms with van der Waals surface area (Å²) in [6.07, 6.45) is 7.20. The lowest BCUT2D eigenvalue weighted by Crippen LogP contribution is -2.31. The van der Waals surface area contributed by atoms with Gasteiger partial charge in [0.05, 0.1) is 0 Å². The first-order valence-electron chi connectivity index (χ1n) is 9.53. The summed E-state index contributed by atoms with van der Waals surface area (Å²) in [6.45, 7) is 3.26. The van der Waals surface area contributed by atoms with Gasteiger partial charge in [0.15, 0.2) is 6.17 Å². The van der Waals surface area contributed by atoms with E-state index in [9.17, 15) is 0 Å². The van der Waals surface area contributed by atoms with Crippen molar-refractivity contribution in [2.75, 3.05) is 57.2 Å². The highest BCUT2D eigenvalue weighted by Gasteiger charge is 2.31. The quantitative estimate of drug-likeness (QED) is 0.608. The van der Waals surface area contributed by atoms with Crippen molar-refractivity contribution >= 4 is 29.7 Å². The van der Waals surface area contributed by atoms with E-state index in [1.807, 2.05) is 12.4 Å². The molecule has 1 atom stereocenters. The van der Waals surface area contributed by atoms with Gasteiger partial charge in [-0.3, -0.25) is 0 Å². The van der Waals surface area contributed by atoms with Gasteiger partial charge in [0.1, 0.15) is 6.34 Å². The van der Waals surface area contributed by atoms with Gasteiger partial charge < -0.3 is 20.4 Å². The fourth-order valence-electron chi connectivity index (χ4n) is 3.54. The van der Waals surface area contributed by atoms with Crippen molar-refractivity contribution in [3.8, 4) is 0 Å². The van der Waals surface area contributed by atoms with Crippen molar-refractivity contribution in [1.29, 1.82) is 0 Å². The molecule has 0 aliphatic carbocycles. The molecule has 1 aromatic carbocycles. The van der Waals surface area contributed by atoms with Crippen LogP contribution in [-0.2, 0) is 0 Å². The van der Waals surface area contributed by atoms with Crippen LogP contribution in [0.4, 0.5) is 11.4 Å². The Balaban J connectivity index is 1.84. The normalized spacial score (nSPS) is 20.9. The van der Waals surface area contributed by atoms with E-state index in [-0.39, 0.29) is 6.17 Å². The topological polar surface area (TPSA) is 51.3 Å². The molecule has 2 heterocycles. The summed E-state index contributed by atoms with van der Waals surface area (Å²) < 4.78 is 2.14. The van der Waals surface area contributed by atoms with E-state index in [1.165, 1.54) is 36.9 Å². The van der Waals surface area contributed by atoms with Crippen LogP contribution >= 0.6 is 11.9 Å². The SMILES string of the molecule is CN(C)CCSN1N=CN(C)C1c1ccc(N)cc1N1CCCCCC1. The minimum absolute atomic E-state index is 0.112. The maximum atomic E-state index is 6.16. The second kappa shape index (κ2) is 8.86. The first kappa shape index (κ1) is 19.2. The molecule has 0 aromatic heterocycles. The van der Waals surface area contributed by atoms with Crippen LogP contribution in [0.1, 0.15) is 37.4 Å². The Kier molecular flexibility index (Phi) is 6.53. The monoisotopic (exact) mass is 376 g/mol. The van der Waals surface area contributed by atoms with Gasteiger partial charge in [-0.2, -0.15) is 5.10 Å². The van der Waals surface area contributed by atoms with Crippen LogP contribution < -0.4 is 10.6 Å². The van der Waals surface area contributed by atoms with Crippen LogP contribution in [0, 0.1) is 0 Å². The zero-order valence-electron chi connectivity index (χ0n) is 16.3. The zero-order chi connectivity index (χ0) is 18.5. The van der Waals surface area contributed by atoms with Crippen LogP contribution in [0.15, 0.2) is 23.3 Å². The highest BCUT2D eigenvalue weighted by atomic mass is 32.2. The van der Waals surface area contributed by atoms with Crippen LogP contribution in [0.5, 0.6) is 0 Å². The van der Waals surface area contributed by atoms with Crippen molar-refractivity contribution in [3.05, 3.63) is 23.8 Å². The predicted molar refractivity (Wildman–Crippen MR) is 113 cm³/mol. The standard InChI is InChI=1S/C19H32N6S/c1-22(2)12-13-26-25-19(23(3)15-21-25)17-9-8-16(20)14-18(17)24-10-6-4-5-7-11-24/h8-9,14-15,19H,4-7,10-13,20H2,1-3H3. The van der Waals surface area contributed by atoms with E-state index < -0.39 is 0 Å². The molecule has 2 aliphatic rings. The summed E-state index contributed by atoms with van der Waals surface area (Å²) in [6, 6.07) is 6.35. The van der Waals surface area contributed by atoms with Crippen molar-refractivity contribution in [2.24, 2.45) is 5.10 Å². The lowest BCUT2D eigenvalue weighted by molar-refractivity contribution is 0.263. The zero-order valence-corrected chi connectivity index (χ0v) is 17.1. The van der Waals surface area contributed by atoms with Crippen molar-refractivity contribution in [3.63, 3.8) is 0 Å². The first-order chi connectivity index (χ1) is 12.6. The van der Waals surface area contributed by atoms with E-state index in [4.69, 9.17) is 5.73 Å². The second-order valence-electron chi connectivity index (χ2n) is 7.43. The third-order valence-corrected chi connectivity index (χ3v) is 5.91. The number of nitrogens with zero attached hydrogens (tertiary/aromatic N) is 5. The van der Waals surface area contributed by atoms with E-state index in [2.05, 4.69) is 57.5 Å². The summed E-state index contributed by atoms with van der Waals surface area (Å²) in [7, 11) is 6.31. The molecular formula is C19H32N6S. The summed E-state index contributed by atoms with van der Waals surface area (Å²) in [5.41, 5.74) is 9.55. The molecular weight excluding hydrogens is 344 g/mol. The van der Waals surface area contributed by atoms with Gasteiger partial charge in [-0.1, -0.05) is 18.9 Å². The first-order valence-corrected chi connectivity index (χ1v) is 10.5. The number of benzene rings is 1. The Labute approximate surface area is 162 Å². The predicted octanol–water partition coefficient (Wildman–Crippen LogP) is 3.05. The van der Waals surface area contributed by atoms with Gasteiger partial charge in [0.25, 0.3) is 0 Å². The smallest absolute Gasteiger partial charge is 0.158 e. The third kappa shape index (κ3) is 4.57. The summed E-state index contributed by atoms with van der Waals surface area (Å²) in [5.74, 6) is 1.02. The average Bonchev–Trinajstić information content (AvgIpc) is 2.82.